The first-order valence-electron chi connectivity index (χ1n) is 13.0. The molecule has 196 valence electrons. The molecule has 0 fully saturated rings. The van der Waals surface area contributed by atoms with Crippen molar-refractivity contribution < 1.29 is 9.16 Å². The van der Waals surface area contributed by atoms with E-state index in [0.29, 0.717) is 18.8 Å². The lowest BCUT2D eigenvalue weighted by Gasteiger charge is -2.39. The zero-order chi connectivity index (χ0) is 26.2. The van der Waals surface area contributed by atoms with Crippen molar-refractivity contribution in [3.63, 3.8) is 0 Å². The Kier molecular flexibility index (Phi) is 9.90. The minimum atomic E-state index is -2.00. The van der Waals surface area contributed by atoms with Gasteiger partial charge in [-0.1, -0.05) is 63.6 Å². The summed E-state index contributed by atoms with van der Waals surface area (Å²) in [7, 11) is -2.00. The molecular formula is C29H43N3O3Si. The molecule has 6 nitrogen and oxygen atoms in total. The van der Waals surface area contributed by atoms with Crippen molar-refractivity contribution in [1.29, 1.82) is 0 Å². The fourth-order valence-electron chi connectivity index (χ4n) is 3.92. The molecule has 0 unspecified atom stereocenters. The Morgan fingerprint density at radius 2 is 1.75 bits per heavy atom. The third-order valence-electron chi connectivity index (χ3n) is 7.09. The zero-order valence-corrected chi connectivity index (χ0v) is 23.5. The third kappa shape index (κ3) is 7.77. The van der Waals surface area contributed by atoms with E-state index < -0.39 is 8.32 Å². The molecular weight excluding hydrogens is 466 g/mol. The smallest absolute Gasteiger partial charge is 0.248 e. The number of ether oxygens (including phenoxy) is 1. The zero-order valence-electron chi connectivity index (χ0n) is 22.5. The van der Waals surface area contributed by atoms with Crippen molar-refractivity contribution in [3.8, 4) is 5.75 Å². The summed E-state index contributed by atoms with van der Waals surface area (Å²) in [6, 6.07) is 17.6. The van der Waals surface area contributed by atoms with Gasteiger partial charge >= 0.3 is 0 Å². The molecule has 0 aliphatic rings. The van der Waals surface area contributed by atoms with Gasteiger partial charge in [0.2, 0.25) is 5.56 Å². The molecule has 0 bridgehead atoms. The highest BCUT2D eigenvalue weighted by molar-refractivity contribution is 6.74. The molecule has 36 heavy (non-hydrogen) atoms. The van der Waals surface area contributed by atoms with Crippen LogP contribution in [0.5, 0.6) is 5.75 Å². The number of pyridine rings is 1. The maximum atomic E-state index is 12.2. The summed E-state index contributed by atoms with van der Waals surface area (Å²) in [5.41, 5.74) is 8.44. The Balaban J connectivity index is 1.85. The summed E-state index contributed by atoms with van der Waals surface area (Å²) in [6.07, 6.45) is 3.79. The number of nitrogens with two attached hydrogens (primary N) is 1. The molecule has 0 spiro atoms. The van der Waals surface area contributed by atoms with Crippen LogP contribution in [0.2, 0.25) is 18.1 Å². The van der Waals surface area contributed by atoms with Gasteiger partial charge in [-0.05, 0) is 67.3 Å². The van der Waals surface area contributed by atoms with E-state index in [1.807, 2.05) is 42.5 Å². The molecule has 1 heterocycles. The quantitative estimate of drug-likeness (QED) is 0.156. The van der Waals surface area contributed by atoms with Crippen LogP contribution in [0, 0.1) is 0 Å². The largest absolute Gasteiger partial charge is 0.487 e. The van der Waals surface area contributed by atoms with E-state index in [1.165, 1.54) is 0 Å². The van der Waals surface area contributed by atoms with Crippen molar-refractivity contribution in [1.82, 2.24) is 10.3 Å². The van der Waals surface area contributed by atoms with E-state index in [0.717, 1.165) is 54.4 Å². The second-order valence-electron chi connectivity index (χ2n) is 11.0. The number of aromatic amines is 1. The summed E-state index contributed by atoms with van der Waals surface area (Å²) >= 11 is 0. The van der Waals surface area contributed by atoms with E-state index in [9.17, 15) is 4.79 Å². The van der Waals surface area contributed by atoms with Crippen LogP contribution in [0.15, 0.2) is 59.4 Å². The summed E-state index contributed by atoms with van der Waals surface area (Å²) in [4.78, 5) is 15.2. The second kappa shape index (κ2) is 12.7. The van der Waals surface area contributed by atoms with Gasteiger partial charge in [-0.15, -0.1) is 0 Å². The number of hydrogen-bond donors (Lipinski definition) is 3. The fourth-order valence-corrected chi connectivity index (χ4v) is 5.15. The topological polar surface area (TPSA) is 89.4 Å². The van der Waals surface area contributed by atoms with Crippen LogP contribution >= 0.6 is 0 Å². The maximum Gasteiger partial charge on any atom is 0.248 e. The van der Waals surface area contributed by atoms with E-state index in [4.69, 9.17) is 14.9 Å². The highest BCUT2D eigenvalue weighted by atomic mass is 28.4. The van der Waals surface area contributed by atoms with Gasteiger partial charge in [0.1, 0.15) is 18.6 Å². The van der Waals surface area contributed by atoms with E-state index in [-0.39, 0.29) is 16.8 Å². The number of unbranched alkanes of at least 4 members (excludes halogenated alkanes) is 2. The Labute approximate surface area is 216 Å². The lowest BCUT2D eigenvalue weighted by atomic mass is 10.0. The van der Waals surface area contributed by atoms with Gasteiger partial charge in [-0.25, -0.2) is 0 Å². The third-order valence-corrected chi connectivity index (χ3v) is 11.6. The molecule has 7 heteroatoms. The number of nitrogens with one attached hydrogen (secondary N) is 2. The first-order valence-corrected chi connectivity index (χ1v) is 15.9. The molecule has 4 N–H and O–H groups in total. The van der Waals surface area contributed by atoms with Crippen LogP contribution < -0.4 is 21.3 Å². The Bertz CT molecular complexity index is 1160. The maximum absolute atomic E-state index is 12.2. The normalized spacial score (nSPS) is 13.2. The van der Waals surface area contributed by atoms with Gasteiger partial charge < -0.3 is 19.9 Å². The van der Waals surface area contributed by atoms with E-state index >= 15 is 0 Å². The Morgan fingerprint density at radius 3 is 2.44 bits per heavy atom. The van der Waals surface area contributed by atoms with E-state index in [1.54, 1.807) is 6.07 Å². The number of fused-ring (bicyclic) bond motifs is 1. The van der Waals surface area contributed by atoms with Crippen molar-refractivity contribution in [2.45, 2.75) is 77.4 Å². The van der Waals surface area contributed by atoms with Crippen LogP contribution in [0.1, 0.15) is 51.2 Å². The predicted octanol–water partition coefficient (Wildman–Crippen LogP) is 5.72. The lowest BCUT2D eigenvalue weighted by Crippen LogP contribution is -2.49. The van der Waals surface area contributed by atoms with Gasteiger partial charge in [-0.2, -0.15) is 0 Å². The molecule has 1 atom stereocenters. The fraction of sp³-hybridized carbons (Fsp3) is 0.483. The summed E-state index contributed by atoms with van der Waals surface area (Å²) in [5.74, 6) is 0.673. The molecule has 3 rings (SSSR count). The monoisotopic (exact) mass is 509 g/mol. The minimum absolute atomic E-state index is 0.106. The number of aromatic nitrogens is 1. The molecule has 0 radical (unpaired) electrons. The molecule has 3 aromatic rings. The van der Waals surface area contributed by atoms with Gasteiger partial charge in [0, 0.05) is 17.9 Å². The number of benzene rings is 2. The highest BCUT2D eigenvalue weighted by Crippen LogP contribution is 2.37. The standard InChI is InChI=1S/C29H43N3O3Si/c1-29(2,3)36(4,5)35-27(31-19-11-7-10-18-30)20-23-14-16-25(28-24(23)15-17-26(33)32-28)34-21-22-12-8-6-9-13-22/h6,8-9,12-17,27,31H,7,10-11,18-21,30H2,1-5H3,(H,32,33)/t27-/m1/s1. The molecule has 0 aliphatic heterocycles. The van der Waals surface area contributed by atoms with Crippen LogP contribution in [-0.2, 0) is 17.5 Å². The average molecular weight is 510 g/mol. The number of rotatable bonds is 13. The van der Waals surface area contributed by atoms with Gasteiger partial charge in [0.15, 0.2) is 8.32 Å². The van der Waals surface area contributed by atoms with E-state index in [2.05, 4.69) is 50.2 Å². The number of H-pyrrole nitrogens is 1. The molecule has 0 saturated carbocycles. The van der Waals surface area contributed by atoms with Crippen molar-refractivity contribution in [3.05, 3.63) is 76.1 Å². The lowest BCUT2D eigenvalue weighted by molar-refractivity contribution is 0.145. The number of hydrogen-bond acceptors (Lipinski definition) is 5. The van der Waals surface area contributed by atoms with Crippen molar-refractivity contribution in [2.75, 3.05) is 13.1 Å². The predicted molar refractivity (Wildman–Crippen MR) is 152 cm³/mol. The Morgan fingerprint density at radius 1 is 1.00 bits per heavy atom. The molecule has 0 amide bonds. The first-order chi connectivity index (χ1) is 17.1. The Hall–Kier alpha value is -2.45. The summed E-state index contributed by atoms with van der Waals surface area (Å²) in [5, 5.41) is 4.75. The minimum Gasteiger partial charge on any atom is -0.487 e. The van der Waals surface area contributed by atoms with Gasteiger partial charge in [0.05, 0.1) is 5.52 Å². The van der Waals surface area contributed by atoms with Crippen molar-refractivity contribution in [2.24, 2.45) is 5.73 Å². The van der Waals surface area contributed by atoms with Crippen LogP contribution in [0.25, 0.3) is 10.9 Å². The summed E-state index contributed by atoms with van der Waals surface area (Å²) in [6.45, 7) is 13.4. The van der Waals surface area contributed by atoms with Crippen LogP contribution in [0.4, 0.5) is 0 Å². The SMILES string of the molecule is CC(C)(C)[Si](C)(C)O[C@H](Cc1ccc(OCc2ccccc2)c2[nH]c(=O)ccc12)NCCCCCN. The van der Waals surface area contributed by atoms with Gasteiger partial charge in [0.25, 0.3) is 0 Å². The molecule has 0 saturated heterocycles. The van der Waals surface area contributed by atoms with Crippen LogP contribution in [0.3, 0.4) is 0 Å². The van der Waals surface area contributed by atoms with Crippen molar-refractivity contribution >= 4 is 19.2 Å². The van der Waals surface area contributed by atoms with Gasteiger partial charge in [-0.3, -0.25) is 10.1 Å². The second-order valence-corrected chi connectivity index (χ2v) is 15.7. The first kappa shape index (κ1) is 28.1. The van der Waals surface area contributed by atoms with Crippen LogP contribution in [-0.4, -0.2) is 32.6 Å². The molecule has 1 aromatic heterocycles. The molecule has 0 aliphatic carbocycles. The average Bonchev–Trinajstić information content (AvgIpc) is 2.83. The summed E-state index contributed by atoms with van der Waals surface area (Å²) < 4.78 is 12.9. The highest BCUT2D eigenvalue weighted by Gasteiger charge is 2.39. The molecule has 2 aromatic carbocycles.